The fraction of sp³-hybridized carbons (Fsp3) is 0.111. The molecule has 0 aliphatic carbocycles. The predicted molar refractivity (Wildman–Crippen MR) is 95.9 cm³/mol. The van der Waals surface area contributed by atoms with Crippen molar-refractivity contribution >= 4 is 29.2 Å². The molecule has 0 fully saturated rings. The lowest BCUT2D eigenvalue weighted by Crippen LogP contribution is -2.20. The summed E-state index contributed by atoms with van der Waals surface area (Å²) in [4.78, 5) is 27.7. The summed E-state index contributed by atoms with van der Waals surface area (Å²) in [5, 5.41) is 7.21. The van der Waals surface area contributed by atoms with Gasteiger partial charge in [0.2, 0.25) is 0 Å². The Morgan fingerprint density at radius 1 is 1.08 bits per heavy atom. The normalized spacial score (nSPS) is 10.3. The summed E-state index contributed by atoms with van der Waals surface area (Å²) in [6, 6.07) is 13.5. The maximum Gasteiger partial charge on any atom is 0.338 e. The van der Waals surface area contributed by atoms with Gasteiger partial charge >= 0.3 is 5.97 Å². The van der Waals surface area contributed by atoms with E-state index in [1.54, 1.807) is 59.5 Å². The maximum atomic E-state index is 12.0. The Labute approximate surface area is 154 Å². The van der Waals surface area contributed by atoms with Gasteiger partial charge < -0.3 is 10.1 Å². The highest BCUT2D eigenvalue weighted by atomic mass is 35.5. The van der Waals surface area contributed by atoms with Crippen LogP contribution < -0.4 is 5.32 Å². The number of halogens is 1. The lowest BCUT2D eigenvalue weighted by molar-refractivity contribution is -0.119. The summed E-state index contributed by atoms with van der Waals surface area (Å²) >= 11 is 5.78. The van der Waals surface area contributed by atoms with Crippen molar-refractivity contribution in [3.05, 3.63) is 77.3 Å². The van der Waals surface area contributed by atoms with Gasteiger partial charge in [-0.3, -0.25) is 4.79 Å². The van der Waals surface area contributed by atoms with Crippen molar-refractivity contribution in [2.75, 3.05) is 11.9 Å². The van der Waals surface area contributed by atoms with Gasteiger partial charge in [-0.25, -0.2) is 14.5 Å². The lowest BCUT2D eigenvalue weighted by atomic mass is 10.1. The predicted octanol–water partition coefficient (Wildman–Crippen LogP) is 2.78. The van der Waals surface area contributed by atoms with Crippen LogP contribution in [0.15, 0.2) is 61.2 Å². The number of amides is 1. The van der Waals surface area contributed by atoms with E-state index in [1.807, 2.05) is 0 Å². The molecule has 132 valence electrons. The van der Waals surface area contributed by atoms with Crippen molar-refractivity contribution in [3.8, 4) is 0 Å². The highest BCUT2D eigenvalue weighted by molar-refractivity contribution is 6.30. The molecule has 0 spiro atoms. The first-order chi connectivity index (χ1) is 12.6. The van der Waals surface area contributed by atoms with Gasteiger partial charge in [0.05, 0.1) is 12.1 Å². The summed E-state index contributed by atoms with van der Waals surface area (Å²) in [5.74, 6) is -0.993. The molecule has 0 aliphatic rings. The maximum absolute atomic E-state index is 12.0. The molecule has 0 bridgehead atoms. The second-order valence-electron chi connectivity index (χ2n) is 5.42. The third-order valence-electron chi connectivity index (χ3n) is 3.46. The minimum absolute atomic E-state index is 0.367. The number of ether oxygens (including phenoxy) is 1. The largest absolute Gasteiger partial charge is 0.452 e. The number of carbonyl (C=O) groups is 2. The molecule has 3 rings (SSSR count). The number of nitrogens with zero attached hydrogens (tertiary/aromatic N) is 3. The third-order valence-corrected chi connectivity index (χ3v) is 3.72. The van der Waals surface area contributed by atoms with Crippen LogP contribution in [0.3, 0.4) is 0 Å². The van der Waals surface area contributed by atoms with Crippen LogP contribution in [-0.2, 0) is 16.1 Å². The van der Waals surface area contributed by atoms with E-state index < -0.39 is 11.9 Å². The summed E-state index contributed by atoms with van der Waals surface area (Å²) in [7, 11) is 0. The van der Waals surface area contributed by atoms with Crippen LogP contribution in [0.25, 0.3) is 0 Å². The summed E-state index contributed by atoms with van der Waals surface area (Å²) in [6.45, 7) is 0.182. The van der Waals surface area contributed by atoms with E-state index in [-0.39, 0.29) is 6.61 Å². The Hall–Kier alpha value is -3.19. The Bertz CT molecular complexity index is 878. The molecule has 0 atom stereocenters. The van der Waals surface area contributed by atoms with Crippen LogP contribution in [0.4, 0.5) is 5.69 Å². The van der Waals surface area contributed by atoms with Crippen molar-refractivity contribution in [1.29, 1.82) is 0 Å². The average Bonchev–Trinajstić information content (AvgIpc) is 3.15. The number of rotatable bonds is 6. The summed E-state index contributed by atoms with van der Waals surface area (Å²) in [6.07, 6.45) is 3.07. The van der Waals surface area contributed by atoms with Crippen LogP contribution >= 0.6 is 11.6 Å². The van der Waals surface area contributed by atoms with E-state index in [0.29, 0.717) is 22.8 Å². The molecule has 0 radical (unpaired) electrons. The van der Waals surface area contributed by atoms with E-state index in [2.05, 4.69) is 15.4 Å². The van der Waals surface area contributed by atoms with E-state index in [0.717, 1.165) is 5.56 Å². The van der Waals surface area contributed by atoms with Gasteiger partial charge in [-0.2, -0.15) is 5.10 Å². The molecule has 1 N–H and O–H groups in total. The average molecular weight is 371 g/mol. The van der Waals surface area contributed by atoms with Gasteiger partial charge in [-0.1, -0.05) is 23.7 Å². The van der Waals surface area contributed by atoms with E-state index in [9.17, 15) is 9.59 Å². The highest BCUT2D eigenvalue weighted by Gasteiger charge is 2.10. The molecule has 26 heavy (non-hydrogen) atoms. The van der Waals surface area contributed by atoms with Crippen LogP contribution in [0, 0.1) is 0 Å². The van der Waals surface area contributed by atoms with Gasteiger partial charge in [-0.15, -0.1) is 0 Å². The Morgan fingerprint density at radius 2 is 1.81 bits per heavy atom. The SMILES string of the molecule is O=C(COC(=O)c1ccc(Cn2cncn2)cc1)Nc1ccc(Cl)cc1. The Balaban J connectivity index is 1.49. The van der Waals surface area contributed by atoms with E-state index in [4.69, 9.17) is 16.3 Å². The van der Waals surface area contributed by atoms with Crippen molar-refractivity contribution in [2.45, 2.75) is 6.54 Å². The first-order valence-corrected chi connectivity index (χ1v) is 8.12. The zero-order valence-electron chi connectivity index (χ0n) is 13.6. The molecular formula is C18H15ClN4O3. The lowest BCUT2D eigenvalue weighted by Gasteiger charge is -2.07. The second-order valence-corrected chi connectivity index (χ2v) is 5.86. The van der Waals surface area contributed by atoms with Gasteiger partial charge in [0.15, 0.2) is 6.61 Å². The molecule has 0 saturated carbocycles. The first-order valence-electron chi connectivity index (χ1n) is 7.74. The molecule has 3 aromatic rings. The molecule has 2 aromatic carbocycles. The molecule has 1 heterocycles. The van der Waals surface area contributed by atoms with Crippen LogP contribution in [-0.4, -0.2) is 33.2 Å². The monoisotopic (exact) mass is 370 g/mol. The summed E-state index contributed by atoms with van der Waals surface area (Å²) < 4.78 is 6.70. The zero-order chi connectivity index (χ0) is 18.4. The number of carbonyl (C=O) groups excluding carboxylic acids is 2. The summed E-state index contributed by atoms with van der Waals surface area (Å²) in [5.41, 5.74) is 1.91. The number of hydrogen-bond acceptors (Lipinski definition) is 5. The Morgan fingerprint density at radius 3 is 2.46 bits per heavy atom. The number of aromatic nitrogens is 3. The molecule has 0 saturated heterocycles. The third kappa shape index (κ3) is 4.90. The molecule has 1 aromatic heterocycles. The highest BCUT2D eigenvalue weighted by Crippen LogP contribution is 2.13. The quantitative estimate of drug-likeness (QED) is 0.674. The van der Waals surface area contributed by atoms with Gasteiger partial charge in [0.25, 0.3) is 5.91 Å². The Kier molecular flexibility index (Phi) is 5.60. The molecule has 0 aliphatic heterocycles. The topological polar surface area (TPSA) is 86.1 Å². The number of esters is 1. The molecular weight excluding hydrogens is 356 g/mol. The number of nitrogens with one attached hydrogen (secondary N) is 1. The zero-order valence-corrected chi connectivity index (χ0v) is 14.4. The fourth-order valence-electron chi connectivity index (χ4n) is 2.19. The first kappa shape index (κ1) is 17.6. The molecule has 8 heteroatoms. The van der Waals surface area contributed by atoms with Crippen molar-refractivity contribution in [2.24, 2.45) is 0 Å². The number of benzene rings is 2. The van der Waals surface area contributed by atoms with E-state index in [1.165, 1.54) is 6.33 Å². The molecule has 0 unspecified atom stereocenters. The van der Waals surface area contributed by atoms with E-state index >= 15 is 0 Å². The van der Waals surface area contributed by atoms with Gasteiger partial charge in [-0.05, 0) is 42.0 Å². The minimum atomic E-state index is -0.566. The van der Waals surface area contributed by atoms with Gasteiger partial charge in [0.1, 0.15) is 12.7 Å². The molecule has 7 nitrogen and oxygen atoms in total. The number of anilines is 1. The molecule has 1 amide bonds. The van der Waals surface area contributed by atoms with Crippen molar-refractivity contribution in [1.82, 2.24) is 14.8 Å². The minimum Gasteiger partial charge on any atom is -0.452 e. The van der Waals surface area contributed by atoms with Gasteiger partial charge in [0, 0.05) is 10.7 Å². The number of hydrogen-bond donors (Lipinski definition) is 1. The van der Waals surface area contributed by atoms with Crippen LogP contribution in [0.5, 0.6) is 0 Å². The second kappa shape index (κ2) is 8.26. The van der Waals surface area contributed by atoms with Crippen molar-refractivity contribution in [3.63, 3.8) is 0 Å². The van der Waals surface area contributed by atoms with Crippen LogP contribution in [0.1, 0.15) is 15.9 Å². The standard InChI is InChI=1S/C18H15ClN4O3/c19-15-5-7-16(8-6-15)22-17(24)10-26-18(25)14-3-1-13(2-4-14)9-23-12-20-11-21-23/h1-8,11-12H,9-10H2,(H,22,24). The van der Waals surface area contributed by atoms with Crippen LogP contribution in [0.2, 0.25) is 5.02 Å². The van der Waals surface area contributed by atoms with Crippen molar-refractivity contribution < 1.29 is 14.3 Å². The smallest absolute Gasteiger partial charge is 0.338 e. The fourth-order valence-corrected chi connectivity index (χ4v) is 2.32.